The van der Waals surface area contributed by atoms with Crippen LogP contribution >= 0.6 is 11.8 Å². The summed E-state index contributed by atoms with van der Waals surface area (Å²) in [5, 5.41) is 0. The molecule has 0 N–H and O–H groups in total. The monoisotopic (exact) mass is 345 g/mol. The fraction of sp³-hybridized carbons (Fsp3) is 0.222. The third kappa shape index (κ3) is 3.93. The summed E-state index contributed by atoms with van der Waals surface area (Å²) in [6, 6.07) is 17.3. The van der Waals surface area contributed by atoms with E-state index in [4.69, 9.17) is 21.3 Å². The summed E-state index contributed by atoms with van der Waals surface area (Å²) >= 11 is 6.01. The van der Waals surface area contributed by atoms with E-state index in [-0.39, 0.29) is 0 Å². The molecule has 1 fully saturated rings. The van der Waals surface area contributed by atoms with Crippen LogP contribution in [0.2, 0.25) is 0 Å². The molecule has 24 heavy (non-hydrogen) atoms. The van der Waals surface area contributed by atoms with Crippen LogP contribution in [0.5, 0.6) is 0 Å². The predicted molar refractivity (Wildman–Crippen MR) is 88.7 cm³/mol. The lowest BCUT2D eigenvalue weighted by Crippen LogP contribution is -2.34. The summed E-state index contributed by atoms with van der Waals surface area (Å²) < 4.78 is 12.4. The molecule has 0 aromatic heterocycles. The van der Waals surface area contributed by atoms with E-state index in [1.807, 2.05) is 12.1 Å². The third-order valence-electron chi connectivity index (χ3n) is 3.71. The van der Waals surface area contributed by atoms with E-state index in [2.05, 4.69) is 0 Å². The summed E-state index contributed by atoms with van der Waals surface area (Å²) in [5.41, 5.74) is 0.886. The Morgan fingerprint density at radius 2 is 1.17 bits per heavy atom. The second-order valence-corrected chi connectivity index (χ2v) is 5.93. The number of carbonyl (C=O) groups excluding carboxylic acids is 2. The summed E-state index contributed by atoms with van der Waals surface area (Å²) in [5.74, 6) is -0.929. The molecule has 1 aliphatic rings. The molecule has 3 rings (SSSR count). The van der Waals surface area contributed by atoms with Crippen LogP contribution in [0.25, 0.3) is 0 Å². The van der Waals surface area contributed by atoms with Crippen LogP contribution < -0.4 is 0 Å². The normalized spacial score (nSPS) is 20.5. The molecule has 2 atom stereocenters. The van der Waals surface area contributed by atoms with Crippen molar-refractivity contribution >= 4 is 23.7 Å². The van der Waals surface area contributed by atoms with Crippen molar-refractivity contribution in [3.05, 3.63) is 71.8 Å². The van der Waals surface area contributed by atoms with Crippen LogP contribution in [0.15, 0.2) is 60.7 Å². The lowest BCUT2D eigenvalue weighted by molar-refractivity contribution is -0.0176. The molecule has 124 valence electrons. The standard InChI is InChI=1S/C18H16ClNO4/c19-20-11-15(23-17(21)13-7-3-1-4-8-13)16(12-20)24-18(22)14-9-5-2-6-10-14/h1-10,15-16H,11-12H2/t15-,16-/m0/s1. The number of ether oxygens (including phenoxy) is 2. The van der Waals surface area contributed by atoms with Crippen LogP contribution in [0.3, 0.4) is 0 Å². The van der Waals surface area contributed by atoms with Crippen molar-refractivity contribution in [1.29, 1.82) is 0 Å². The second kappa shape index (κ2) is 7.47. The van der Waals surface area contributed by atoms with Gasteiger partial charge < -0.3 is 9.47 Å². The van der Waals surface area contributed by atoms with Crippen molar-refractivity contribution in [2.75, 3.05) is 13.1 Å². The molecule has 0 aliphatic carbocycles. The lowest BCUT2D eigenvalue weighted by atomic mass is 10.2. The fourth-order valence-corrected chi connectivity index (χ4v) is 2.76. The molecule has 2 aromatic carbocycles. The molecule has 0 radical (unpaired) electrons. The van der Waals surface area contributed by atoms with E-state index < -0.39 is 24.1 Å². The van der Waals surface area contributed by atoms with Crippen LogP contribution in [-0.4, -0.2) is 41.7 Å². The van der Waals surface area contributed by atoms with Crippen molar-refractivity contribution in [3.63, 3.8) is 0 Å². The van der Waals surface area contributed by atoms with Gasteiger partial charge in [-0.2, -0.15) is 0 Å². The Kier molecular flexibility index (Phi) is 5.13. The highest BCUT2D eigenvalue weighted by molar-refractivity contribution is 6.13. The molecule has 0 saturated carbocycles. The van der Waals surface area contributed by atoms with E-state index in [1.54, 1.807) is 48.5 Å². The van der Waals surface area contributed by atoms with Gasteiger partial charge in [-0.05, 0) is 36.0 Å². The largest absolute Gasteiger partial charge is 0.453 e. The van der Waals surface area contributed by atoms with Crippen molar-refractivity contribution in [2.24, 2.45) is 0 Å². The zero-order valence-corrected chi connectivity index (χ0v) is 13.6. The van der Waals surface area contributed by atoms with Gasteiger partial charge in [0, 0.05) is 0 Å². The van der Waals surface area contributed by atoms with Crippen LogP contribution in [0.4, 0.5) is 0 Å². The third-order valence-corrected chi connectivity index (χ3v) is 3.98. The van der Waals surface area contributed by atoms with Gasteiger partial charge in [-0.1, -0.05) is 36.4 Å². The maximum Gasteiger partial charge on any atom is 0.338 e. The van der Waals surface area contributed by atoms with Gasteiger partial charge >= 0.3 is 11.9 Å². The molecule has 6 heteroatoms. The molecule has 0 amide bonds. The minimum atomic E-state index is -0.608. The van der Waals surface area contributed by atoms with Crippen molar-refractivity contribution in [1.82, 2.24) is 4.42 Å². The highest BCUT2D eigenvalue weighted by atomic mass is 35.5. The summed E-state index contributed by atoms with van der Waals surface area (Å²) in [4.78, 5) is 24.4. The number of esters is 2. The van der Waals surface area contributed by atoms with Gasteiger partial charge in [0.25, 0.3) is 0 Å². The minimum absolute atomic E-state index is 0.298. The van der Waals surface area contributed by atoms with Crippen molar-refractivity contribution < 1.29 is 19.1 Å². The molecule has 1 heterocycles. The molecule has 0 spiro atoms. The number of hydrogen-bond acceptors (Lipinski definition) is 5. The van der Waals surface area contributed by atoms with Gasteiger partial charge in [-0.25, -0.2) is 14.0 Å². The van der Waals surface area contributed by atoms with Crippen molar-refractivity contribution in [2.45, 2.75) is 12.2 Å². The average Bonchev–Trinajstić information content (AvgIpc) is 2.95. The number of nitrogens with zero attached hydrogens (tertiary/aromatic N) is 1. The van der Waals surface area contributed by atoms with Gasteiger partial charge in [0.1, 0.15) is 0 Å². The first kappa shape index (κ1) is 16.5. The molecule has 0 bridgehead atoms. The maximum atomic E-state index is 12.2. The smallest absolute Gasteiger partial charge is 0.338 e. The van der Waals surface area contributed by atoms with E-state index in [9.17, 15) is 9.59 Å². The second-order valence-electron chi connectivity index (χ2n) is 5.45. The number of halogens is 1. The van der Waals surface area contributed by atoms with Gasteiger partial charge in [0.2, 0.25) is 0 Å². The first-order valence-electron chi connectivity index (χ1n) is 7.56. The Hall–Kier alpha value is -2.37. The van der Waals surface area contributed by atoms with Gasteiger partial charge in [0.05, 0.1) is 24.2 Å². The Morgan fingerprint density at radius 1 is 0.792 bits per heavy atom. The Morgan fingerprint density at radius 3 is 1.54 bits per heavy atom. The van der Waals surface area contributed by atoms with E-state index >= 15 is 0 Å². The van der Waals surface area contributed by atoms with Crippen LogP contribution in [-0.2, 0) is 9.47 Å². The summed E-state index contributed by atoms with van der Waals surface area (Å²) in [6.07, 6.45) is -1.22. The fourth-order valence-electron chi connectivity index (χ4n) is 2.49. The molecule has 0 unspecified atom stereocenters. The Balaban J connectivity index is 1.66. The molecule has 2 aromatic rings. The topological polar surface area (TPSA) is 55.8 Å². The number of carbonyl (C=O) groups is 2. The predicted octanol–water partition coefficient (Wildman–Crippen LogP) is 2.91. The average molecular weight is 346 g/mol. The minimum Gasteiger partial charge on any atom is -0.453 e. The van der Waals surface area contributed by atoms with Crippen LogP contribution in [0, 0.1) is 0 Å². The molecular formula is C18H16ClNO4. The van der Waals surface area contributed by atoms with Crippen LogP contribution in [0.1, 0.15) is 20.7 Å². The first-order valence-corrected chi connectivity index (χ1v) is 7.90. The van der Waals surface area contributed by atoms with Gasteiger partial charge in [-0.15, -0.1) is 0 Å². The molecule has 1 aliphatic heterocycles. The highest BCUT2D eigenvalue weighted by Gasteiger charge is 2.38. The van der Waals surface area contributed by atoms with E-state index in [1.165, 1.54) is 4.42 Å². The zero-order valence-electron chi connectivity index (χ0n) is 12.8. The van der Waals surface area contributed by atoms with E-state index in [0.717, 1.165) is 0 Å². The zero-order chi connectivity index (χ0) is 16.9. The SMILES string of the molecule is O=C(O[C@H]1CN(Cl)C[C@@H]1OC(=O)c1ccccc1)c1ccccc1. The molecule has 1 saturated heterocycles. The number of benzene rings is 2. The lowest BCUT2D eigenvalue weighted by Gasteiger charge is -2.19. The van der Waals surface area contributed by atoms with Gasteiger partial charge in [0.15, 0.2) is 12.2 Å². The first-order chi connectivity index (χ1) is 11.6. The van der Waals surface area contributed by atoms with Gasteiger partial charge in [-0.3, -0.25) is 0 Å². The quantitative estimate of drug-likeness (QED) is 0.630. The number of rotatable bonds is 4. The summed E-state index contributed by atoms with van der Waals surface area (Å²) in [6.45, 7) is 0.597. The molecule has 5 nitrogen and oxygen atoms in total. The van der Waals surface area contributed by atoms with Crippen molar-refractivity contribution in [3.8, 4) is 0 Å². The Bertz CT molecular complexity index is 646. The molecular weight excluding hydrogens is 330 g/mol. The maximum absolute atomic E-state index is 12.2. The Labute approximate surface area is 144 Å². The van der Waals surface area contributed by atoms with E-state index in [0.29, 0.717) is 24.2 Å². The number of hydrogen-bond donors (Lipinski definition) is 0. The highest BCUT2D eigenvalue weighted by Crippen LogP contribution is 2.21. The summed E-state index contributed by atoms with van der Waals surface area (Å²) in [7, 11) is 0.